The maximum Gasteiger partial charge on any atom is 0.258 e. The fraction of sp³-hybridized carbons (Fsp3) is 0.222. The van der Waals surface area contributed by atoms with Gasteiger partial charge in [0.05, 0.1) is 6.04 Å². The number of Topliss-reactive ketones (excluding diaryl/α,β-unsaturated/α-hetero) is 1. The predicted molar refractivity (Wildman–Crippen MR) is 131 cm³/mol. The number of nitrogens with zero attached hydrogens (tertiary/aromatic N) is 2. The summed E-state index contributed by atoms with van der Waals surface area (Å²) in [6, 6.07) is 21.3. The minimum Gasteiger partial charge on any atom is -0.305 e. The van der Waals surface area contributed by atoms with Gasteiger partial charge in [0.15, 0.2) is 5.78 Å². The Labute approximate surface area is 198 Å². The Balaban J connectivity index is 1.74. The number of fused-ring (bicyclic) bond motifs is 1. The van der Waals surface area contributed by atoms with Gasteiger partial charge in [-0.05, 0) is 68.3 Å². The molecule has 3 aromatic rings. The molecule has 6 heteroatoms. The molecule has 0 bridgehead atoms. The van der Waals surface area contributed by atoms with E-state index in [0.29, 0.717) is 22.6 Å². The van der Waals surface area contributed by atoms with E-state index in [1.165, 1.54) is 6.92 Å². The number of hydrogen-bond acceptors (Lipinski definition) is 3. The zero-order valence-corrected chi connectivity index (χ0v) is 19.5. The van der Waals surface area contributed by atoms with Crippen LogP contribution in [-0.2, 0) is 4.79 Å². The van der Waals surface area contributed by atoms with Crippen molar-refractivity contribution in [2.24, 2.45) is 0 Å². The minimum atomic E-state index is -0.223. The van der Waals surface area contributed by atoms with E-state index in [1.807, 2.05) is 43.3 Å². The third-order valence-corrected chi connectivity index (χ3v) is 6.33. The normalized spacial score (nSPS) is 17.3. The highest BCUT2D eigenvalue weighted by Crippen LogP contribution is 2.42. The van der Waals surface area contributed by atoms with Crippen molar-refractivity contribution in [1.29, 1.82) is 0 Å². The van der Waals surface area contributed by atoms with E-state index in [1.54, 1.807) is 53.1 Å². The van der Waals surface area contributed by atoms with Crippen molar-refractivity contribution in [3.05, 3.63) is 94.5 Å². The summed E-state index contributed by atoms with van der Waals surface area (Å²) in [5.74, 6) is -0.256. The van der Waals surface area contributed by atoms with Crippen LogP contribution in [0.15, 0.2) is 72.8 Å². The fourth-order valence-electron chi connectivity index (χ4n) is 4.51. The summed E-state index contributed by atoms with van der Waals surface area (Å²) >= 11 is 6.06. The SMILES string of the molecule is CC(=O)c1ccc(C(=O)N2c3ccccc3C(N(C(C)=O)c3ccc(Cl)cc3)CC2C)cc1. The van der Waals surface area contributed by atoms with E-state index in [9.17, 15) is 14.4 Å². The van der Waals surface area contributed by atoms with Crippen LogP contribution in [0.3, 0.4) is 0 Å². The third kappa shape index (κ3) is 4.41. The van der Waals surface area contributed by atoms with E-state index < -0.39 is 0 Å². The van der Waals surface area contributed by atoms with Crippen LogP contribution in [0.2, 0.25) is 5.02 Å². The second-order valence-electron chi connectivity index (χ2n) is 8.33. The minimum absolute atomic E-state index is 0.0416. The summed E-state index contributed by atoms with van der Waals surface area (Å²) in [6.07, 6.45) is 0.580. The van der Waals surface area contributed by atoms with Crippen LogP contribution in [0.4, 0.5) is 11.4 Å². The molecule has 3 aromatic carbocycles. The second kappa shape index (κ2) is 9.20. The van der Waals surface area contributed by atoms with Gasteiger partial charge < -0.3 is 9.80 Å². The van der Waals surface area contributed by atoms with E-state index in [2.05, 4.69) is 0 Å². The van der Waals surface area contributed by atoms with Crippen LogP contribution in [0.25, 0.3) is 0 Å². The molecule has 168 valence electrons. The molecule has 1 aliphatic rings. The van der Waals surface area contributed by atoms with Gasteiger partial charge in [0.1, 0.15) is 0 Å². The molecule has 4 rings (SSSR count). The topological polar surface area (TPSA) is 57.7 Å². The van der Waals surface area contributed by atoms with Crippen LogP contribution in [0.5, 0.6) is 0 Å². The first-order chi connectivity index (χ1) is 15.8. The molecule has 0 radical (unpaired) electrons. The average molecular weight is 461 g/mol. The molecule has 33 heavy (non-hydrogen) atoms. The Morgan fingerprint density at radius 3 is 2.09 bits per heavy atom. The van der Waals surface area contributed by atoms with Crippen molar-refractivity contribution in [1.82, 2.24) is 0 Å². The second-order valence-corrected chi connectivity index (χ2v) is 8.77. The van der Waals surface area contributed by atoms with Gasteiger partial charge in [-0.3, -0.25) is 14.4 Å². The number of hydrogen-bond donors (Lipinski definition) is 0. The van der Waals surface area contributed by atoms with Crippen LogP contribution in [0.1, 0.15) is 59.5 Å². The summed E-state index contributed by atoms with van der Waals surface area (Å²) in [7, 11) is 0. The lowest BCUT2D eigenvalue weighted by molar-refractivity contribution is -0.117. The highest BCUT2D eigenvalue weighted by Gasteiger charge is 2.38. The standard InChI is InChI=1S/C27H25ClN2O3/c1-17-16-26(30(19(3)32)23-14-12-22(28)13-15-23)24-6-4-5-7-25(24)29(17)27(33)21-10-8-20(9-11-21)18(2)31/h4-15,17,26H,16H2,1-3H3. The Hall–Kier alpha value is -3.44. The van der Waals surface area contributed by atoms with E-state index in [4.69, 9.17) is 11.6 Å². The maximum absolute atomic E-state index is 13.5. The smallest absolute Gasteiger partial charge is 0.258 e. The lowest BCUT2D eigenvalue weighted by Crippen LogP contribution is -2.47. The van der Waals surface area contributed by atoms with Gasteiger partial charge in [-0.2, -0.15) is 0 Å². The van der Waals surface area contributed by atoms with E-state index >= 15 is 0 Å². The molecule has 2 unspecified atom stereocenters. The molecule has 2 atom stereocenters. The zero-order valence-electron chi connectivity index (χ0n) is 18.8. The van der Waals surface area contributed by atoms with Crippen molar-refractivity contribution in [2.45, 2.75) is 39.3 Å². The fourth-order valence-corrected chi connectivity index (χ4v) is 4.63. The molecule has 0 N–H and O–H groups in total. The third-order valence-electron chi connectivity index (χ3n) is 6.07. The number of rotatable bonds is 4. The molecule has 0 spiro atoms. The van der Waals surface area contributed by atoms with Crippen LogP contribution in [0, 0.1) is 0 Å². The lowest BCUT2D eigenvalue weighted by Gasteiger charge is -2.43. The first-order valence-corrected chi connectivity index (χ1v) is 11.2. The average Bonchev–Trinajstić information content (AvgIpc) is 2.80. The predicted octanol–water partition coefficient (Wildman–Crippen LogP) is 6.08. The Bertz CT molecular complexity index is 1200. The van der Waals surface area contributed by atoms with E-state index in [-0.39, 0.29) is 29.7 Å². The van der Waals surface area contributed by atoms with Crippen molar-refractivity contribution in [2.75, 3.05) is 9.80 Å². The van der Waals surface area contributed by atoms with Gasteiger partial charge in [0.2, 0.25) is 5.91 Å². The largest absolute Gasteiger partial charge is 0.305 e. The number of benzene rings is 3. The molecule has 2 amide bonds. The first-order valence-electron chi connectivity index (χ1n) is 10.9. The number of halogens is 1. The number of carbonyl (C=O) groups excluding carboxylic acids is 3. The summed E-state index contributed by atoms with van der Waals surface area (Å²) in [6.45, 7) is 5.04. The molecule has 0 fully saturated rings. The van der Waals surface area contributed by atoms with Crippen LogP contribution >= 0.6 is 11.6 Å². The molecule has 5 nitrogen and oxygen atoms in total. The summed E-state index contributed by atoms with van der Waals surface area (Å²) in [4.78, 5) is 41.4. The van der Waals surface area contributed by atoms with Gasteiger partial charge in [-0.25, -0.2) is 0 Å². The highest BCUT2D eigenvalue weighted by molar-refractivity contribution is 6.30. The summed E-state index contributed by atoms with van der Waals surface area (Å²) < 4.78 is 0. The van der Waals surface area contributed by atoms with Crippen molar-refractivity contribution in [3.63, 3.8) is 0 Å². The van der Waals surface area contributed by atoms with Crippen molar-refractivity contribution >= 4 is 40.6 Å². The van der Waals surface area contributed by atoms with Gasteiger partial charge >= 0.3 is 0 Å². The Kier molecular flexibility index (Phi) is 6.34. The van der Waals surface area contributed by atoms with Crippen molar-refractivity contribution in [3.8, 4) is 0 Å². The molecule has 0 saturated heterocycles. The Morgan fingerprint density at radius 2 is 1.48 bits per heavy atom. The molecule has 1 heterocycles. The number of carbonyl (C=O) groups is 3. The van der Waals surface area contributed by atoms with Gasteiger partial charge in [0.25, 0.3) is 5.91 Å². The molecular weight excluding hydrogens is 436 g/mol. The molecule has 0 saturated carbocycles. The van der Waals surface area contributed by atoms with E-state index in [0.717, 1.165) is 16.9 Å². The number of para-hydroxylation sites is 1. The molecule has 0 aliphatic carbocycles. The van der Waals surface area contributed by atoms with Gasteiger partial charge in [-0.15, -0.1) is 0 Å². The maximum atomic E-state index is 13.5. The first kappa shape index (κ1) is 22.7. The zero-order chi connectivity index (χ0) is 23.7. The molecule has 1 aliphatic heterocycles. The Morgan fingerprint density at radius 1 is 0.879 bits per heavy atom. The van der Waals surface area contributed by atoms with Gasteiger partial charge in [0, 0.05) is 40.5 Å². The van der Waals surface area contributed by atoms with Crippen molar-refractivity contribution < 1.29 is 14.4 Å². The summed E-state index contributed by atoms with van der Waals surface area (Å²) in [5, 5.41) is 0.604. The van der Waals surface area contributed by atoms with Crippen LogP contribution < -0.4 is 9.80 Å². The van der Waals surface area contributed by atoms with Gasteiger partial charge in [-0.1, -0.05) is 41.9 Å². The number of amides is 2. The molecule has 0 aromatic heterocycles. The number of ketones is 1. The summed E-state index contributed by atoms with van der Waals surface area (Å²) in [5.41, 5.74) is 3.54. The quantitative estimate of drug-likeness (QED) is 0.443. The monoisotopic (exact) mass is 460 g/mol. The molecular formula is C27H25ClN2O3. The number of anilines is 2. The highest BCUT2D eigenvalue weighted by atomic mass is 35.5. The van der Waals surface area contributed by atoms with Crippen LogP contribution in [-0.4, -0.2) is 23.6 Å². The lowest BCUT2D eigenvalue weighted by atomic mass is 9.89.